The molecule has 198 valence electrons. The average Bonchev–Trinajstić information content (AvgIpc) is 2.88. The van der Waals surface area contributed by atoms with E-state index < -0.39 is 29.3 Å². The van der Waals surface area contributed by atoms with E-state index in [1.807, 2.05) is 6.92 Å². The molecule has 10 heteroatoms. The molecule has 0 radical (unpaired) electrons. The maximum absolute atomic E-state index is 13.9. The molecular weight excluding hydrogens is 491 g/mol. The van der Waals surface area contributed by atoms with Crippen LogP contribution in [0.15, 0.2) is 71.3 Å². The molecule has 0 saturated heterocycles. The number of benzene rings is 2. The number of hydrogen-bond donors (Lipinski definition) is 2. The molecule has 2 N–H and O–H groups in total. The number of nitrogens with zero attached hydrogens (tertiary/aromatic N) is 3. The van der Waals surface area contributed by atoms with Crippen molar-refractivity contribution in [1.82, 2.24) is 14.7 Å². The third-order valence-corrected chi connectivity index (χ3v) is 6.45. The van der Waals surface area contributed by atoms with E-state index in [2.05, 4.69) is 10.4 Å². The largest absolute Gasteiger partial charge is 0.389 e. The number of aromatic nitrogens is 2. The second-order valence-electron chi connectivity index (χ2n) is 9.23. The van der Waals surface area contributed by atoms with Gasteiger partial charge in [-0.05, 0) is 47.9 Å². The zero-order valence-electron chi connectivity index (χ0n) is 21.3. The smallest absolute Gasteiger partial charge is 0.274 e. The molecule has 2 aromatic carbocycles. The lowest BCUT2D eigenvalue weighted by Crippen LogP contribution is -2.33. The minimum Gasteiger partial charge on any atom is -0.389 e. The monoisotopic (exact) mass is 520 g/mol. The summed E-state index contributed by atoms with van der Waals surface area (Å²) in [6.45, 7) is 1.85. The Kier molecular flexibility index (Phi) is 8.13. The number of carbonyl (C=O) groups is 2. The Morgan fingerprint density at radius 3 is 2.76 bits per heavy atom. The average molecular weight is 521 g/mol. The van der Waals surface area contributed by atoms with Gasteiger partial charge in [-0.25, -0.2) is 9.07 Å². The number of halogens is 1. The van der Waals surface area contributed by atoms with Gasteiger partial charge in [-0.2, -0.15) is 5.10 Å². The first-order chi connectivity index (χ1) is 18.2. The Morgan fingerprint density at radius 2 is 2.03 bits per heavy atom. The van der Waals surface area contributed by atoms with Crippen molar-refractivity contribution in [3.05, 3.63) is 93.8 Å². The summed E-state index contributed by atoms with van der Waals surface area (Å²) in [5, 5.41) is 17.0. The zero-order valence-corrected chi connectivity index (χ0v) is 21.3. The van der Waals surface area contributed by atoms with Crippen LogP contribution in [0.4, 0.5) is 10.1 Å². The first-order valence-corrected chi connectivity index (χ1v) is 12.1. The summed E-state index contributed by atoms with van der Waals surface area (Å²) in [7, 11) is 3.03. The van der Waals surface area contributed by atoms with Crippen LogP contribution in [0.3, 0.4) is 0 Å². The van der Waals surface area contributed by atoms with E-state index >= 15 is 0 Å². The number of rotatable bonds is 8. The summed E-state index contributed by atoms with van der Waals surface area (Å²) in [5.74, 6) is -1.67. The van der Waals surface area contributed by atoms with Gasteiger partial charge in [-0.1, -0.05) is 24.3 Å². The van der Waals surface area contributed by atoms with Crippen LogP contribution in [0.25, 0.3) is 11.1 Å². The SMILES string of the molecule is COCC(O)Cn1nccc(-c2ccc(C)c(NC(=O)C3=CN(C)C(=O)CC3c3cccc(F)c3)c2)c1=O. The normalized spacial score (nSPS) is 16.2. The van der Waals surface area contributed by atoms with Gasteiger partial charge in [-0.15, -0.1) is 0 Å². The molecular formula is C28H29FN4O5. The second kappa shape index (κ2) is 11.5. The van der Waals surface area contributed by atoms with Gasteiger partial charge in [-0.3, -0.25) is 14.4 Å². The first-order valence-electron chi connectivity index (χ1n) is 12.1. The summed E-state index contributed by atoms with van der Waals surface area (Å²) in [6, 6.07) is 12.7. The molecule has 0 aliphatic carbocycles. The Labute approximate surface area is 219 Å². The Bertz CT molecular complexity index is 1450. The number of nitrogens with one attached hydrogen (secondary N) is 1. The molecule has 2 atom stereocenters. The van der Waals surface area contributed by atoms with Crippen molar-refractivity contribution in [2.24, 2.45) is 0 Å². The molecule has 2 amide bonds. The Balaban J connectivity index is 1.64. The summed E-state index contributed by atoms with van der Waals surface area (Å²) in [5.41, 5.74) is 2.60. The van der Waals surface area contributed by atoms with E-state index in [1.54, 1.807) is 43.4 Å². The van der Waals surface area contributed by atoms with Crippen molar-refractivity contribution in [2.45, 2.75) is 31.9 Å². The molecule has 1 aromatic heterocycles. The lowest BCUT2D eigenvalue weighted by atomic mass is 9.85. The van der Waals surface area contributed by atoms with Gasteiger partial charge in [0, 0.05) is 50.2 Å². The van der Waals surface area contributed by atoms with Crippen LogP contribution in [0, 0.1) is 12.7 Å². The molecule has 4 rings (SSSR count). The second-order valence-corrected chi connectivity index (χ2v) is 9.23. The highest BCUT2D eigenvalue weighted by molar-refractivity contribution is 6.07. The highest BCUT2D eigenvalue weighted by Gasteiger charge is 2.31. The van der Waals surface area contributed by atoms with Crippen molar-refractivity contribution in [1.29, 1.82) is 0 Å². The molecule has 0 bridgehead atoms. The third-order valence-electron chi connectivity index (χ3n) is 6.45. The standard InChI is InChI=1S/C28H29FN4O5/c1-17-7-8-19(22-9-10-30-33(28(22)37)14-21(34)16-38-3)12-25(17)31-27(36)24-15-32(2)26(35)13-23(24)18-5-4-6-20(29)11-18/h4-12,15,21,23,34H,13-14,16H2,1-3H3,(H,31,36). The number of methoxy groups -OCH3 is 1. The highest BCUT2D eigenvalue weighted by Crippen LogP contribution is 2.34. The van der Waals surface area contributed by atoms with Crippen molar-refractivity contribution < 1.29 is 23.8 Å². The van der Waals surface area contributed by atoms with E-state index in [0.29, 0.717) is 28.0 Å². The first kappa shape index (κ1) is 26.9. The number of aliphatic hydroxyl groups excluding tert-OH is 1. The lowest BCUT2D eigenvalue weighted by molar-refractivity contribution is -0.128. The topological polar surface area (TPSA) is 114 Å². The van der Waals surface area contributed by atoms with E-state index in [-0.39, 0.29) is 25.5 Å². The Hall–Kier alpha value is -4.15. The molecule has 38 heavy (non-hydrogen) atoms. The van der Waals surface area contributed by atoms with E-state index in [4.69, 9.17) is 4.74 Å². The van der Waals surface area contributed by atoms with Crippen LogP contribution in [0.1, 0.15) is 23.5 Å². The predicted octanol–water partition coefficient (Wildman–Crippen LogP) is 2.83. The molecule has 2 heterocycles. The van der Waals surface area contributed by atoms with Crippen molar-refractivity contribution in [3.63, 3.8) is 0 Å². The van der Waals surface area contributed by atoms with Gasteiger partial charge in [0.25, 0.3) is 11.5 Å². The zero-order chi connectivity index (χ0) is 27.4. The molecule has 0 saturated carbocycles. The number of amides is 2. The van der Waals surface area contributed by atoms with Crippen LogP contribution in [0.5, 0.6) is 0 Å². The summed E-state index contributed by atoms with van der Waals surface area (Å²) in [6.07, 6.45) is 2.08. The van der Waals surface area contributed by atoms with Crippen LogP contribution < -0.4 is 10.9 Å². The van der Waals surface area contributed by atoms with Gasteiger partial charge in [0.05, 0.1) is 24.8 Å². The predicted molar refractivity (Wildman–Crippen MR) is 140 cm³/mol. The fraction of sp³-hybridized carbons (Fsp3) is 0.286. The molecule has 2 unspecified atom stereocenters. The summed E-state index contributed by atoms with van der Waals surface area (Å²) in [4.78, 5) is 40.3. The fourth-order valence-electron chi connectivity index (χ4n) is 4.40. The maximum atomic E-state index is 13.9. The van der Waals surface area contributed by atoms with Gasteiger partial charge < -0.3 is 20.1 Å². The minimum atomic E-state index is -0.895. The van der Waals surface area contributed by atoms with Crippen molar-refractivity contribution in [3.8, 4) is 11.1 Å². The minimum absolute atomic E-state index is 0.0299. The van der Waals surface area contributed by atoms with Gasteiger partial charge in [0.2, 0.25) is 5.91 Å². The highest BCUT2D eigenvalue weighted by atomic mass is 19.1. The van der Waals surface area contributed by atoms with Crippen LogP contribution in [-0.2, 0) is 20.9 Å². The lowest BCUT2D eigenvalue weighted by Gasteiger charge is -2.28. The molecule has 0 spiro atoms. The summed E-state index contributed by atoms with van der Waals surface area (Å²) < 4.78 is 20.0. The van der Waals surface area contributed by atoms with Crippen LogP contribution in [-0.4, -0.2) is 58.5 Å². The number of aliphatic hydroxyl groups is 1. The van der Waals surface area contributed by atoms with E-state index in [9.17, 15) is 23.9 Å². The number of ether oxygens (including phenoxy) is 1. The fourth-order valence-corrected chi connectivity index (χ4v) is 4.40. The molecule has 1 aliphatic rings. The van der Waals surface area contributed by atoms with Crippen LogP contribution in [0.2, 0.25) is 0 Å². The van der Waals surface area contributed by atoms with Crippen LogP contribution >= 0.6 is 0 Å². The molecule has 1 aliphatic heterocycles. The quantitative estimate of drug-likeness (QED) is 0.472. The van der Waals surface area contributed by atoms with Crippen molar-refractivity contribution >= 4 is 17.5 Å². The third kappa shape index (κ3) is 5.87. The molecule has 0 fully saturated rings. The summed E-state index contributed by atoms with van der Waals surface area (Å²) >= 11 is 0. The molecule has 3 aromatic rings. The maximum Gasteiger partial charge on any atom is 0.274 e. The number of hydrogen-bond acceptors (Lipinski definition) is 6. The Morgan fingerprint density at radius 1 is 1.24 bits per heavy atom. The number of aryl methyl sites for hydroxylation is 1. The molecule has 9 nitrogen and oxygen atoms in total. The van der Waals surface area contributed by atoms with Gasteiger partial charge >= 0.3 is 0 Å². The van der Waals surface area contributed by atoms with Gasteiger partial charge in [0.15, 0.2) is 0 Å². The van der Waals surface area contributed by atoms with Gasteiger partial charge in [0.1, 0.15) is 5.82 Å². The number of anilines is 1. The number of carbonyl (C=O) groups excluding carboxylic acids is 2. The van der Waals surface area contributed by atoms with Crippen molar-refractivity contribution in [2.75, 3.05) is 26.1 Å². The van der Waals surface area contributed by atoms with E-state index in [1.165, 1.54) is 41.2 Å². The van der Waals surface area contributed by atoms with E-state index in [0.717, 1.165) is 5.56 Å².